The molecule has 8 nitrogen and oxygen atoms in total. The van der Waals surface area contributed by atoms with Gasteiger partial charge in [0.15, 0.2) is 0 Å². The largest absolute Gasteiger partial charge is 0.493 e. The predicted molar refractivity (Wildman–Crippen MR) is 130 cm³/mol. The van der Waals surface area contributed by atoms with Crippen molar-refractivity contribution in [3.05, 3.63) is 41.1 Å². The molecule has 8 heteroatoms. The van der Waals surface area contributed by atoms with Crippen molar-refractivity contribution in [1.29, 1.82) is 0 Å². The van der Waals surface area contributed by atoms with Gasteiger partial charge < -0.3 is 25.3 Å². The fourth-order valence-electron chi connectivity index (χ4n) is 4.07. The van der Waals surface area contributed by atoms with E-state index in [4.69, 9.17) is 19.9 Å². The zero-order valence-corrected chi connectivity index (χ0v) is 20.1. The molecule has 0 amide bonds. The molecule has 33 heavy (non-hydrogen) atoms. The molecule has 0 aliphatic carbocycles. The highest BCUT2D eigenvalue weighted by Crippen LogP contribution is 2.33. The van der Waals surface area contributed by atoms with Gasteiger partial charge in [0, 0.05) is 25.7 Å². The molecule has 1 aliphatic heterocycles. The van der Waals surface area contributed by atoms with E-state index < -0.39 is 5.97 Å². The summed E-state index contributed by atoms with van der Waals surface area (Å²) < 4.78 is 16.8. The highest BCUT2D eigenvalue weighted by molar-refractivity contribution is 5.96. The first kappa shape index (κ1) is 24.6. The van der Waals surface area contributed by atoms with Gasteiger partial charge in [0.25, 0.3) is 0 Å². The topological polar surface area (TPSA) is 98.9 Å². The third-order valence-electron chi connectivity index (χ3n) is 5.69. The number of aryl methyl sites for hydroxylation is 1. The average Bonchev–Trinajstić information content (AvgIpc) is 2.78. The van der Waals surface area contributed by atoms with E-state index >= 15 is 0 Å². The standard InChI is InChI=1S/C25H36N4O4/c1-5-31-21-13-18(14-22(32-6-2)23(21)25(30)33-7-3)16-29-10-8-19(9-11-29)28-20-12-17(4)24(26)27-15-20/h12-15,19,28H,5-11,16H2,1-4H3,(H2,26,27). The number of carbonyl (C=O) groups excluding carboxylic acids is 1. The normalized spacial score (nSPS) is 14.7. The number of hydrogen-bond acceptors (Lipinski definition) is 8. The second-order valence-corrected chi connectivity index (χ2v) is 8.17. The quantitative estimate of drug-likeness (QED) is 0.517. The Morgan fingerprint density at radius 3 is 2.27 bits per heavy atom. The molecule has 0 saturated carbocycles. The van der Waals surface area contributed by atoms with Crippen LogP contribution in [0.25, 0.3) is 0 Å². The van der Waals surface area contributed by atoms with Crippen LogP contribution in [-0.2, 0) is 11.3 Å². The van der Waals surface area contributed by atoms with Gasteiger partial charge >= 0.3 is 5.97 Å². The first-order valence-electron chi connectivity index (χ1n) is 11.8. The summed E-state index contributed by atoms with van der Waals surface area (Å²) >= 11 is 0. The number of nitrogens with one attached hydrogen (secondary N) is 1. The molecule has 0 radical (unpaired) electrons. The summed E-state index contributed by atoms with van der Waals surface area (Å²) in [5.74, 6) is 1.18. The van der Waals surface area contributed by atoms with Crippen LogP contribution in [0.3, 0.4) is 0 Å². The molecule has 1 aliphatic rings. The molecule has 0 spiro atoms. The maximum absolute atomic E-state index is 12.6. The van der Waals surface area contributed by atoms with Crippen LogP contribution >= 0.6 is 0 Å². The second kappa shape index (κ2) is 11.7. The first-order chi connectivity index (χ1) is 15.9. The Kier molecular flexibility index (Phi) is 8.77. The second-order valence-electron chi connectivity index (χ2n) is 8.17. The number of nitrogens with zero attached hydrogens (tertiary/aromatic N) is 2. The highest BCUT2D eigenvalue weighted by atomic mass is 16.5. The third kappa shape index (κ3) is 6.51. The highest BCUT2D eigenvalue weighted by Gasteiger charge is 2.24. The van der Waals surface area contributed by atoms with Crippen LogP contribution in [-0.4, -0.2) is 54.8 Å². The molecule has 180 valence electrons. The van der Waals surface area contributed by atoms with Crippen molar-refractivity contribution >= 4 is 17.5 Å². The molecule has 0 bridgehead atoms. The number of anilines is 2. The summed E-state index contributed by atoms with van der Waals surface area (Å²) in [5, 5.41) is 3.58. The van der Waals surface area contributed by atoms with Crippen LogP contribution in [0.5, 0.6) is 11.5 Å². The van der Waals surface area contributed by atoms with Gasteiger partial charge in [-0.3, -0.25) is 4.90 Å². The lowest BCUT2D eigenvalue weighted by molar-refractivity contribution is 0.0517. The molecule has 2 aromatic rings. The molecule has 3 rings (SSSR count). The molecule has 1 aromatic heterocycles. The van der Waals surface area contributed by atoms with Crippen LogP contribution in [0, 0.1) is 6.92 Å². The van der Waals surface area contributed by atoms with Crippen molar-refractivity contribution in [2.45, 2.75) is 53.1 Å². The minimum Gasteiger partial charge on any atom is -0.493 e. The minimum absolute atomic E-state index is 0.298. The number of aromatic nitrogens is 1. The Balaban J connectivity index is 1.67. The molecule has 3 N–H and O–H groups in total. The van der Waals surface area contributed by atoms with Gasteiger partial charge in [-0.05, 0) is 69.9 Å². The fourth-order valence-corrected chi connectivity index (χ4v) is 4.07. The van der Waals surface area contributed by atoms with Gasteiger partial charge in [-0.1, -0.05) is 0 Å². The Bertz CT molecular complexity index is 915. The molecule has 2 heterocycles. The Morgan fingerprint density at radius 2 is 1.73 bits per heavy atom. The van der Waals surface area contributed by atoms with Crippen LogP contribution in [0.2, 0.25) is 0 Å². The predicted octanol–water partition coefficient (Wildman–Crippen LogP) is 4.02. The number of esters is 1. The lowest BCUT2D eigenvalue weighted by Crippen LogP contribution is -2.38. The number of rotatable bonds is 10. The molecular weight excluding hydrogens is 420 g/mol. The summed E-state index contributed by atoms with van der Waals surface area (Å²) in [6.07, 6.45) is 3.85. The zero-order valence-electron chi connectivity index (χ0n) is 20.1. The minimum atomic E-state index is -0.421. The third-order valence-corrected chi connectivity index (χ3v) is 5.69. The monoisotopic (exact) mass is 456 g/mol. The molecular formula is C25H36N4O4. The molecule has 1 aromatic carbocycles. The summed E-state index contributed by atoms with van der Waals surface area (Å²) in [6.45, 7) is 11.5. The van der Waals surface area contributed by atoms with E-state index in [0.29, 0.717) is 48.7 Å². The molecule has 0 atom stereocenters. The van der Waals surface area contributed by atoms with Gasteiger partial charge in [0.05, 0.1) is 31.7 Å². The molecule has 0 unspecified atom stereocenters. The zero-order chi connectivity index (χ0) is 23.8. The number of likely N-dealkylation sites (tertiary alicyclic amines) is 1. The van der Waals surface area contributed by atoms with Crippen molar-refractivity contribution in [2.75, 3.05) is 44.0 Å². The Labute approximate surface area is 196 Å². The number of hydrogen-bond donors (Lipinski definition) is 2. The van der Waals surface area contributed by atoms with E-state index in [-0.39, 0.29) is 0 Å². The SMILES string of the molecule is CCOC(=O)c1c(OCC)cc(CN2CCC(Nc3cnc(N)c(C)c3)CC2)cc1OCC. The lowest BCUT2D eigenvalue weighted by Gasteiger charge is -2.33. The molecule has 1 fully saturated rings. The van der Waals surface area contributed by atoms with Gasteiger partial charge in [-0.15, -0.1) is 0 Å². The molecule has 1 saturated heterocycles. The van der Waals surface area contributed by atoms with Crippen LogP contribution in [0.15, 0.2) is 24.4 Å². The maximum atomic E-state index is 12.6. The van der Waals surface area contributed by atoms with Gasteiger partial charge in [0.1, 0.15) is 22.9 Å². The average molecular weight is 457 g/mol. The first-order valence-corrected chi connectivity index (χ1v) is 11.8. The van der Waals surface area contributed by atoms with Crippen molar-refractivity contribution in [3.63, 3.8) is 0 Å². The number of benzene rings is 1. The number of nitrogen functional groups attached to an aromatic ring is 1. The number of nitrogens with two attached hydrogens (primary N) is 1. The van der Waals surface area contributed by atoms with E-state index in [2.05, 4.69) is 15.2 Å². The fraction of sp³-hybridized carbons (Fsp3) is 0.520. The van der Waals surface area contributed by atoms with E-state index in [0.717, 1.165) is 49.3 Å². The van der Waals surface area contributed by atoms with Gasteiger partial charge in [-0.2, -0.15) is 0 Å². The van der Waals surface area contributed by atoms with Gasteiger partial charge in [0.2, 0.25) is 0 Å². The maximum Gasteiger partial charge on any atom is 0.345 e. The van der Waals surface area contributed by atoms with Crippen molar-refractivity contribution < 1.29 is 19.0 Å². The summed E-state index contributed by atoms with van der Waals surface area (Å²) in [6, 6.07) is 6.32. The van der Waals surface area contributed by atoms with E-state index in [1.165, 1.54) is 0 Å². The van der Waals surface area contributed by atoms with E-state index in [9.17, 15) is 4.79 Å². The number of pyridine rings is 1. The van der Waals surface area contributed by atoms with Crippen LogP contribution in [0.1, 0.15) is 55.1 Å². The van der Waals surface area contributed by atoms with Crippen molar-refractivity contribution in [2.24, 2.45) is 0 Å². The number of carbonyl (C=O) groups is 1. The van der Waals surface area contributed by atoms with Crippen molar-refractivity contribution in [3.8, 4) is 11.5 Å². The Hall–Kier alpha value is -3.00. The van der Waals surface area contributed by atoms with Crippen LogP contribution < -0.4 is 20.5 Å². The summed E-state index contributed by atoms with van der Waals surface area (Å²) in [7, 11) is 0. The number of ether oxygens (including phenoxy) is 3. The van der Waals surface area contributed by atoms with Crippen LogP contribution in [0.4, 0.5) is 11.5 Å². The smallest absolute Gasteiger partial charge is 0.345 e. The summed E-state index contributed by atoms with van der Waals surface area (Å²) in [5.41, 5.74) is 9.24. The van der Waals surface area contributed by atoms with E-state index in [1.807, 2.05) is 39.0 Å². The number of piperidine rings is 1. The van der Waals surface area contributed by atoms with E-state index in [1.54, 1.807) is 13.1 Å². The lowest BCUT2D eigenvalue weighted by atomic mass is 10.0. The van der Waals surface area contributed by atoms with Crippen molar-refractivity contribution in [1.82, 2.24) is 9.88 Å². The Morgan fingerprint density at radius 1 is 1.09 bits per heavy atom. The van der Waals surface area contributed by atoms with Gasteiger partial charge in [-0.25, -0.2) is 9.78 Å². The summed E-state index contributed by atoms with van der Waals surface area (Å²) in [4.78, 5) is 19.2.